The van der Waals surface area contributed by atoms with Gasteiger partial charge in [-0.1, -0.05) is 12.2 Å². The molecule has 1 aliphatic rings. The Morgan fingerprint density at radius 1 is 1.55 bits per heavy atom. The molecule has 1 rings (SSSR count). The molecule has 60 valence electrons. The molecule has 1 aliphatic carbocycles. The summed E-state index contributed by atoms with van der Waals surface area (Å²) < 4.78 is 0. The van der Waals surface area contributed by atoms with E-state index in [2.05, 4.69) is 0 Å². The second kappa shape index (κ2) is 3.46. The van der Waals surface area contributed by atoms with Gasteiger partial charge in [-0.25, -0.2) is 0 Å². The van der Waals surface area contributed by atoms with Crippen LogP contribution in [0.1, 0.15) is 26.2 Å². The van der Waals surface area contributed by atoms with Gasteiger partial charge in [-0.15, -0.1) is 0 Å². The number of carbonyl (C=O) groups excluding carboxylic acids is 2. The van der Waals surface area contributed by atoms with Crippen LogP contribution in [0, 0.1) is 5.92 Å². The summed E-state index contributed by atoms with van der Waals surface area (Å²) in [6, 6.07) is 0. The molecule has 2 heteroatoms. The van der Waals surface area contributed by atoms with E-state index < -0.39 is 0 Å². The molecule has 11 heavy (non-hydrogen) atoms. The van der Waals surface area contributed by atoms with E-state index in [0.29, 0.717) is 12.8 Å². The predicted octanol–water partition coefficient (Wildman–Crippen LogP) is 1.50. The molecule has 0 heterocycles. The third-order valence-electron chi connectivity index (χ3n) is 1.98. The predicted molar refractivity (Wildman–Crippen MR) is 42.2 cm³/mol. The van der Waals surface area contributed by atoms with Gasteiger partial charge in [0.15, 0.2) is 0 Å². The number of ketones is 2. The number of rotatable bonds is 1. The molecular weight excluding hydrogens is 140 g/mol. The van der Waals surface area contributed by atoms with Crippen molar-refractivity contribution < 1.29 is 9.59 Å². The normalized spacial score (nSPS) is 24.8. The summed E-state index contributed by atoms with van der Waals surface area (Å²) in [5, 5.41) is 0. The van der Waals surface area contributed by atoms with Crippen LogP contribution in [-0.4, -0.2) is 11.6 Å². The summed E-state index contributed by atoms with van der Waals surface area (Å²) in [7, 11) is 0. The Kier molecular flexibility index (Phi) is 2.58. The van der Waals surface area contributed by atoms with Crippen LogP contribution in [0.25, 0.3) is 0 Å². The van der Waals surface area contributed by atoms with E-state index in [1.807, 2.05) is 12.2 Å². The third kappa shape index (κ3) is 2.00. The highest BCUT2D eigenvalue weighted by Gasteiger charge is 2.22. The minimum atomic E-state index is -0.353. The van der Waals surface area contributed by atoms with Crippen molar-refractivity contribution in [2.75, 3.05) is 0 Å². The lowest BCUT2D eigenvalue weighted by molar-refractivity contribution is -0.131. The van der Waals surface area contributed by atoms with Gasteiger partial charge in [-0.2, -0.15) is 0 Å². The SMILES string of the molecule is CC(=O)C1CC=CCCC1=O. The zero-order valence-electron chi connectivity index (χ0n) is 6.67. The highest BCUT2D eigenvalue weighted by molar-refractivity contribution is 6.01. The fourth-order valence-corrected chi connectivity index (χ4v) is 1.27. The first-order valence-corrected chi connectivity index (χ1v) is 3.90. The first kappa shape index (κ1) is 8.18. The maximum absolute atomic E-state index is 11.2. The lowest BCUT2D eigenvalue weighted by Crippen LogP contribution is -2.19. The van der Waals surface area contributed by atoms with Gasteiger partial charge in [0.2, 0.25) is 0 Å². The molecule has 0 aromatic heterocycles. The number of allylic oxidation sites excluding steroid dienone is 2. The van der Waals surface area contributed by atoms with Gasteiger partial charge in [0.25, 0.3) is 0 Å². The van der Waals surface area contributed by atoms with Crippen molar-refractivity contribution in [1.29, 1.82) is 0 Å². The van der Waals surface area contributed by atoms with E-state index in [-0.39, 0.29) is 17.5 Å². The number of carbonyl (C=O) groups is 2. The van der Waals surface area contributed by atoms with Crippen LogP contribution in [0.4, 0.5) is 0 Å². The molecule has 0 bridgehead atoms. The largest absolute Gasteiger partial charge is 0.299 e. The highest BCUT2D eigenvalue weighted by atomic mass is 16.1. The van der Waals surface area contributed by atoms with Gasteiger partial charge in [-0.3, -0.25) is 9.59 Å². The van der Waals surface area contributed by atoms with Crippen LogP contribution in [0.15, 0.2) is 12.2 Å². The van der Waals surface area contributed by atoms with Crippen molar-refractivity contribution in [3.63, 3.8) is 0 Å². The molecule has 0 aromatic carbocycles. The van der Waals surface area contributed by atoms with Crippen LogP contribution >= 0.6 is 0 Å². The second-order valence-electron chi connectivity index (χ2n) is 2.88. The van der Waals surface area contributed by atoms with E-state index in [1.54, 1.807) is 0 Å². The van der Waals surface area contributed by atoms with Gasteiger partial charge in [0.1, 0.15) is 11.6 Å². The zero-order valence-corrected chi connectivity index (χ0v) is 6.67. The molecule has 2 nitrogen and oxygen atoms in total. The first-order chi connectivity index (χ1) is 5.22. The molecular formula is C9H12O2. The molecule has 0 aromatic rings. The maximum atomic E-state index is 11.2. The summed E-state index contributed by atoms with van der Waals surface area (Å²) in [5.41, 5.74) is 0. The highest BCUT2D eigenvalue weighted by Crippen LogP contribution is 2.15. The van der Waals surface area contributed by atoms with E-state index in [0.717, 1.165) is 6.42 Å². The van der Waals surface area contributed by atoms with Gasteiger partial charge in [0, 0.05) is 6.42 Å². The van der Waals surface area contributed by atoms with Crippen molar-refractivity contribution in [2.45, 2.75) is 26.2 Å². The van der Waals surface area contributed by atoms with Crippen LogP contribution < -0.4 is 0 Å². The van der Waals surface area contributed by atoms with Crippen molar-refractivity contribution in [1.82, 2.24) is 0 Å². The van der Waals surface area contributed by atoms with Crippen LogP contribution in [0.2, 0.25) is 0 Å². The zero-order chi connectivity index (χ0) is 8.27. The molecule has 0 amide bonds. The van der Waals surface area contributed by atoms with Crippen LogP contribution in [0.3, 0.4) is 0 Å². The number of Topliss-reactive ketones (excluding diaryl/α,β-unsaturated/α-hetero) is 2. The molecule has 0 spiro atoms. The molecule has 0 N–H and O–H groups in total. The Hall–Kier alpha value is -0.920. The van der Waals surface area contributed by atoms with Crippen molar-refractivity contribution in [3.05, 3.63) is 12.2 Å². The average molecular weight is 152 g/mol. The fraction of sp³-hybridized carbons (Fsp3) is 0.556. The molecule has 0 aliphatic heterocycles. The lowest BCUT2D eigenvalue weighted by Gasteiger charge is -2.06. The molecule has 0 radical (unpaired) electrons. The Balaban J connectivity index is 2.68. The van der Waals surface area contributed by atoms with E-state index in [4.69, 9.17) is 0 Å². The Labute approximate surface area is 66.3 Å². The smallest absolute Gasteiger partial charge is 0.143 e. The lowest BCUT2D eigenvalue weighted by atomic mass is 9.96. The topological polar surface area (TPSA) is 34.1 Å². The molecule has 0 saturated carbocycles. The fourth-order valence-electron chi connectivity index (χ4n) is 1.27. The molecule has 1 unspecified atom stereocenters. The summed E-state index contributed by atoms with van der Waals surface area (Å²) >= 11 is 0. The quantitative estimate of drug-likeness (QED) is 0.421. The summed E-state index contributed by atoms with van der Waals surface area (Å²) in [4.78, 5) is 22.1. The molecule has 0 fully saturated rings. The average Bonchev–Trinajstić information content (AvgIpc) is 2.13. The van der Waals surface area contributed by atoms with Gasteiger partial charge >= 0.3 is 0 Å². The maximum Gasteiger partial charge on any atom is 0.143 e. The monoisotopic (exact) mass is 152 g/mol. The van der Waals surface area contributed by atoms with Crippen molar-refractivity contribution in [3.8, 4) is 0 Å². The van der Waals surface area contributed by atoms with Crippen LogP contribution in [0.5, 0.6) is 0 Å². The third-order valence-corrected chi connectivity index (χ3v) is 1.98. The Morgan fingerprint density at radius 2 is 2.27 bits per heavy atom. The van der Waals surface area contributed by atoms with Gasteiger partial charge in [-0.05, 0) is 19.8 Å². The summed E-state index contributed by atoms with van der Waals surface area (Å²) in [6.45, 7) is 1.49. The Bertz CT molecular complexity index is 204. The van der Waals surface area contributed by atoms with Crippen molar-refractivity contribution in [2.24, 2.45) is 5.92 Å². The molecule has 1 atom stereocenters. The van der Waals surface area contributed by atoms with Gasteiger partial charge in [0.05, 0.1) is 5.92 Å². The van der Waals surface area contributed by atoms with Gasteiger partial charge < -0.3 is 0 Å². The summed E-state index contributed by atoms with van der Waals surface area (Å²) in [5.74, 6) is -0.252. The van der Waals surface area contributed by atoms with Crippen LogP contribution in [-0.2, 0) is 9.59 Å². The van der Waals surface area contributed by atoms with Crippen molar-refractivity contribution >= 4 is 11.6 Å². The van der Waals surface area contributed by atoms with E-state index in [9.17, 15) is 9.59 Å². The first-order valence-electron chi connectivity index (χ1n) is 3.90. The summed E-state index contributed by atoms with van der Waals surface area (Å²) in [6.07, 6.45) is 5.83. The standard InChI is InChI=1S/C9H12O2/c1-7(10)8-5-3-2-4-6-9(8)11/h2-3,8H,4-6H2,1H3. The molecule has 0 saturated heterocycles. The minimum Gasteiger partial charge on any atom is -0.299 e. The number of hydrogen-bond donors (Lipinski definition) is 0. The minimum absolute atomic E-state index is 0.00144. The van der Waals surface area contributed by atoms with E-state index >= 15 is 0 Å². The second-order valence-corrected chi connectivity index (χ2v) is 2.88. The number of hydrogen-bond acceptors (Lipinski definition) is 2. The van der Waals surface area contributed by atoms with E-state index in [1.165, 1.54) is 6.92 Å². The Morgan fingerprint density at radius 3 is 2.91 bits per heavy atom.